The summed E-state index contributed by atoms with van der Waals surface area (Å²) in [7, 11) is 1.56. The van der Waals surface area contributed by atoms with E-state index in [2.05, 4.69) is 5.32 Å². The van der Waals surface area contributed by atoms with Crippen LogP contribution in [-0.2, 0) is 0 Å². The van der Waals surface area contributed by atoms with Crippen LogP contribution in [0.25, 0.3) is 0 Å². The van der Waals surface area contributed by atoms with Gasteiger partial charge >= 0.3 is 0 Å². The molecule has 2 rings (SSSR count). The molecule has 1 fully saturated rings. The van der Waals surface area contributed by atoms with E-state index in [0.717, 1.165) is 25.9 Å². The standard InChI is InChI=1S/C13H17ClFNO/c1-17-12-3-2-10(14)8-11(12)13(15)9-4-6-16-7-5-9/h2-3,8-9,13,16H,4-7H2,1H3. The molecular formula is C13H17ClFNO. The Bertz CT molecular complexity index is 380. The highest BCUT2D eigenvalue weighted by atomic mass is 35.5. The Labute approximate surface area is 106 Å². The lowest BCUT2D eigenvalue weighted by Crippen LogP contribution is -2.29. The molecule has 2 nitrogen and oxygen atoms in total. The number of hydrogen-bond donors (Lipinski definition) is 1. The molecule has 0 aliphatic carbocycles. The van der Waals surface area contributed by atoms with E-state index in [4.69, 9.17) is 16.3 Å². The summed E-state index contributed by atoms with van der Waals surface area (Å²) in [6, 6.07) is 5.12. The third kappa shape index (κ3) is 2.90. The second-order valence-electron chi connectivity index (χ2n) is 4.38. The molecule has 94 valence electrons. The Morgan fingerprint density at radius 1 is 1.41 bits per heavy atom. The molecule has 1 unspecified atom stereocenters. The van der Waals surface area contributed by atoms with Gasteiger partial charge in [0.05, 0.1) is 7.11 Å². The zero-order valence-electron chi connectivity index (χ0n) is 9.88. The normalized spacial score (nSPS) is 19.0. The molecule has 1 atom stereocenters. The van der Waals surface area contributed by atoms with Crippen molar-refractivity contribution in [2.45, 2.75) is 19.0 Å². The molecule has 1 saturated heterocycles. The second-order valence-corrected chi connectivity index (χ2v) is 4.81. The van der Waals surface area contributed by atoms with E-state index < -0.39 is 6.17 Å². The van der Waals surface area contributed by atoms with Gasteiger partial charge in [0.2, 0.25) is 0 Å². The zero-order valence-corrected chi connectivity index (χ0v) is 10.6. The predicted octanol–water partition coefficient (Wildman–Crippen LogP) is 3.36. The number of ether oxygens (including phenoxy) is 1. The molecule has 0 amide bonds. The lowest BCUT2D eigenvalue weighted by molar-refractivity contribution is 0.186. The molecule has 0 spiro atoms. The third-order valence-electron chi connectivity index (χ3n) is 3.29. The molecule has 1 heterocycles. The fourth-order valence-electron chi connectivity index (χ4n) is 2.31. The Balaban J connectivity index is 2.21. The molecule has 1 N–H and O–H groups in total. The highest BCUT2D eigenvalue weighted by Gasteiger charge is 2.27. The molecule has 1 aliphatic rings. The van der Waals surface area contributed by atoms with Crippen LogP contribution in [0.5, 0.6) is 5.75 Å². The van der Waals surface area contributed by atoms with Crippen LogP contribution in [-0.4, -0.2) is 20.2 Å². The second kappa shape index (κ2) is 5.69. The van der Waals surface area contributed by atoms with E-state index in [1.165, 1.54) is 0 Å². The van der Waals surface area contributed by atoms with Crippen molar-refractivity contribution in [2.24, 2.45) is 5.92 Å². The van der Waals surface area contributed by atoms with Gasteiger partial charge in [0.1, 0.15) is 11.9 Å². The largest absolute Gasteiger partial charge is 0.496 e. The van der Waals surface area contributed by atoms with Crippen molar-refractivity contribution in [1.29, 1.82) is 0 Å². The van der Waals surface area contributed by atoms with Gasteiger partial charge in [0.15, 0.2) is 0 Å². The molecule has 17 heavy (non-hydrogen) atoms. The van der Waals surface area contributed by atoms with Crippen molar-refractivity contribution in [3.8, 4) is 5.75 Å². The van der Waals surface area contributed by atoms with E-state index in [1.807, 2.05) is 0 Å². The molecule has 0 bridgehead atoms. The summed E-state index contributed by atoms with van der Waals surface area (Å²) in [5.74, 6) is 0.643. The van der Waals surface area contributed by atoms with Crippen LogP contribution in [0, 0.1) is 5.92 Å². The van der Waals surface area contributed by atoms with Gasteiger partial charge < -0.3 is 10.1 Å². The molecule has 0 saturated carbocycles. The summed E-state index contributed by atoms with van der Waals surface area (Å²) in [4.78, 5) is 0. The van der Waals surface area contributed by atoms with Crippen molar-refractivity contribution in [1.82, 2.24) is 5.32 Å². The maximum absolute atomic E-state index is 14.5. The van der Waals surface area contributed by atoms with Crippen LogP contribution in [0.15, 0.2) is 18.2 Å². The third-order valence-corrected chi connectivity index (χ3v) is 3.52. The van der Waals surface area contributed by atoms with Crippen molar-refractivity contribution in [3.05, 3.63) is 28.8 Å². The minimum absolute atomic E-state index is 0.0589. The molecular weight excluding hydrogens is 241 g/mol. The highest BCUT2D eigenvalue weighted by Crippen LogP contribution is 2.38. The average molecular weight is 258 g/mol. The first-order valence-corrected chi connectivity index (χ1v) is 6.28. The number of alkyl halides is 1. The van der Waals surface area contributed by atoms with Gasteiger partial charge in [-0.25, -0.2) is 4.39 Å². The Hall–Kier alpha value is -0.800. The summed E-state index contributed by atoms with van der Waals surface area (Å²) >= 11 is 5.92. The first kappa shape index (κ1) is 12.7. The van der Waals surface area contributed by atoms with E-state index in [-0.39, 0.29) is 5.92 Å². The molecule has 0 aromatic heterocycles. The first-order valence-electron chi connectivity index (χ1n) is 5.90. The van der Waals surface area contributed by atoms with Gasteiger partial charge in [0, 0.05) is 10.6 Å². The lowest BCUT2D eigenvalue weighted by Gasteiger charge is -2.26. The van der Waals surface area contributed by atoms with E-state index in [0.29, 0.717) is 16.3 Å². The van der Waals surface area contributed by atoms with E-state index in [9.17, 15) is 4.39 Å². The van der Waals surface area contributed by atoms with Gasteiger partial charge in [-0.15, -0.1) is 0 Å². The van der Waals surface area contributed by atoms with Crippen molar-refractivity contribution >= 4 is 11.6 Å². The van der Waals surface area contributed by atoms with Crippen molar-refractivity contribution in [3.63, 3.8) is 0 Å². The Morgan fingerprint density at radius 2 is 2.12 bits per heavy atom. The number of hydrogen-bond acceptors (Lipinski definition) is 2. The number of piperidine rings is 1. The fourth-order valence-corrected chi connectivity index (χ4v) is 2.49. The number of halogens is 2. The molecule has 1 aromatic carbocycles. The lowest BCUT2D eigenvalue weighted by atomic mass is 9.89. The maximum Gasteiger partial charge on any atom is 0.132 e. The Morgan fingerprint density at radius 3 is 2.76 bits per heavy atom. The maximum atomic E-state index is 14.5. The van der Waals surface area contributed by atoms with Crippen molar-refractivity contribution in [2.75, 3.05) is 20.2 Å². The minimum Gasteiger partial charge on any atom is -0.496 e. The van der Waals surface area contributed by atoms with Gasteiger partial charge in [0.25, 0.3) is 0 Å². The molecule has 1 aromatic rings. The van der Waals surface area contributed by atoms with Crippen LogP contribution < -0.4 is 10.1 Å². The van der Waals surface area contributed by atoms with Gasteiger partial charge in [-0.3, -0.25) is 0 Å². The summed E-state index contributed by atoms with van der Waals surface area (Å²) in [6.45, 7) is 1.77. The number of methoxy groups -OCH3 is 1. The molecule has 0 radical (unpaired) electrons. The smallest absolute Gasteiger partial charge is 0.132 e. The first-order chi connectivity index (χ1) is 8.22. The van der Waals surface area contributed by atoms with E-state index >= 15 is 0 Å². The average Bonchev–Trinajstić information content (AvgIpc) is 2.39. The quantitative estimate of drug-likeness (QED) is 0.897. The zero-order chi connectivity index (χ0) is 12.3. The van der Waals surface area contributed by atoms with Crippen LogP contribution in [0.2, 0.25) is 5.02 Å². The van der Waals surface area contributed by atoms with Crippen LogP contribution >= 0.6 is 11.6 Å². The van der Waals surface area contributed by atoms with Gasteiger partial charge in [-0.05, 0) is 50.0 Å². The number of benzene rings is 1. The minimum atomic E-state index is -0.995. The number of rotatable bonds is 3. The van der Waals surface area contributed by atoms with Crippen LogP contribution in [0.4, 0.5) is 4.39 Å². The van der Waals surface area contributed by atoms with Crippen molar-refractivity contribution < 1.29 is 9.13 Å². The summed E-state index contributed by atoms with van der Waals surface area (Å²) in [6.07, 6.45) is 0.721. The predicted molar refractivity (Wildman–Crippen MR) is 67.4 cm³/mol. The summed E-state index contributed by atoms with van der Waals surface area (Å²) in [5, 5.41) is 3.79. The highest BCUT2D eigenvalue weighted by molar-refractivity contribution is 6.30. The SMILES string of the molecule is COc1ccc(Cl)cc1C(F)C1CCNCC1. The number of nitrogens with one attached hydrogen (secondary N) is 1. The molecule has 4 heteroatoms. The fraction of sp³-hybridized carbons (Fsp3) is 0.538. The van der Waals surface area contributed by atoms with E-state index in [1.54, 1.807) is 25.3 Å². The molecule has 1 aliphatic heterocycles. The monoisotopic (exact) mass is 257 g/mol. The van der Waals surface area contributed by atoms with Crippen LogP contribution in [0.1, 0.15) is 24.6 Å². The van der Waals surface area contributed by atoms with Gasteiger partial charge in [-0.1, -0.05) is 11.6 Å². The summed E-state index contributed by atoms with van der Waals surface area (Å²) in [5.41, 5.74) is 0.576. The van der Waals surface area contributed by atoms with Gasteiger partial charge in [-0.2, -0.15) is 0 Å². The van der Waals surface area contributed by atoms with Crippen LogP contribution in [0.3, 0.4) is 0 Å². The topological polar surface area (TPSA) is 21.3 Å². The Kier molecular flexibility index (Phi) is 4.24. The summed E-state index contributed by atoms with van der Waals surface area (Å²) < 4.78 is 19.7.